The van der Waals surface area contributed by atoms with E-state index in [4.69, 9.17) is 4.98 Å². The highest BCUT2D eigenvalue weighted by atomic mass is 32.2. The monoisotopic (exact) mass is 493 g/mol. The minimum atomic E-state index is -0.177. The van der Waals surface area contributed by atoms with Crippen LogP contribution < -0.4 is 5.56 Å². The van der Waals surface area contributed by atoms with E-state index in [0.29, 0.717) is 21.9 Å². The number of aliphatic hydroxyl groups excluding tert-OH is 1. The normalized spacial score (nSPS) is 12.0. The third-order valence-electron chi connectivity index (χ3n) is 6.11. The first kappa shape index (κ1) is 23.4. The second-order valence-corrected chi connectivity index (χ2v) is 9.18. The number of aromatic nitrogens is 4. The van der Waals surface area contributed by atoms with Gasteiger partial charge in [0, 0.05) is 7.05 Å². The number of hydrogen-bond acceptors (Lipinski definition) is 6. The summed E-state index contributed by atoms with van der Waals surface area (Å²) in [5.41, 5.74) is 3.86. The molecule has 0 spiro atoms. The van der Waals surface area contributed by atoms with E-state index in [1.165, 1.54) is 11.8 Å². The summed E-state index contributed by atoms with van der Waals surface area (Å²) in [6, 6.07) is 24.6. The Balaban J connectivity index is 1.61. The lowest BCUT2D eigenvalue weighted by atomic mass is 10.1. The molecule has 0 unspecified atom stereocenters. The van der Waals surface area contributed by atoms with Crippen molar-refractivity contribution in [2.24, 2.45) is 7.05 Å². The van der Waals surface area contributed by atoms with E-state index in [1.54, 1.807) is 21.3 Å². The van der Waals surface area contributed by atoms with Crippen molar-refractivity contribution in [2.75, 3.05) is 5.75 Å². The lowest BCUT2D eigenvalue weighted by Gasteiger charge is -2.16. The van der Waals surface area contributed by atoms with E-state index >= 15 is 0 Å². The molecule has 2 heterocycles. The third kappa shape index (κ3) is 4.04. The zero-order valence-corrected chi connectivity index (χ0v) is 20.7. The number of thioether (sulfide) groups is 1. The van der Waals surface area contributed by atoms with Crippen molar-refractivity contribution in [3.63, 3.8) is 0 Å². The number of aliphatic hydroxyl groups is 1. The number of fused-ring (bicyclic) bond motifs is 2. The molecule has 178 valence electrons. The fourth-order valence-corrected chi connectivity index (χ4v) is 5.15. The number of para-hydroxylation sites is 4. The van der Waals surface area contributed by atoms with E-state index in [1.807, 2.05) is 74.6 Å². The van der Waals surface area contributed by atoms with E-state index in [9.17, 15) is 15.2 Å². The van der Waals surface area contributed by atoms with Gasteiger partial charge in [-0.25, -0.2) is 9.97 Å². The number of aryl methyl sites for hydroxylation is 2. The van der Waals surface area contributed by atoms with Crippen molar-refractivity contribution in [1.82, 2.24) is 19.1 Å². The Labute approximate surface area is 212 Å². The fourth-order valence-electron chi connectivity index (χ4n) is 4.27. The average molecular weight is 494 g/mol. The number of allylic oxidation sites excluding steroid dienone is 1. The van der Waals surface area contributed by atoms with Crippen LogP contribution >= 0.6 is 11.8 Å². The van der Waals surface area contributed by atoms with Gasteiger partial charge in [-0.05, 0) is 42.3 Å². The number of nitrogens with zero attached hydrogens (tertiary/aromatic N) is 5. The Kier molecular flexibility index (Phi) is 6.32. The van der Waals surface area contributed by atoms with Gasteiger partial charge in [0.1, 0.15) is 17.4 Å². The Morgan fingerprint density at radius 2 is 1.69 bits per heavy atom. The molecule has 2 aromatic heterocycles. The maximum absolute atomic E-state index is 13.6. The molecule has 0 aliphatic heterocycles. The minimum Gasteiger partial charge on any atom is -0.510 e. The Morgan fingerprint density at radius 3 is 2.44 bits per heavy atom. The van der Waals surface area contributed by atoms with Crippen molar-refractivity contribution in [1.29, 1.82) is 5.26 Å². The third-order valence-corrected chi connectivity index (χ3v) is 7.06. The summed E-state index contributed by atoms with van der Waals surface area (Å²) in [7, 11) is 1.81. The number of imidazole rings is 1. The molecular formula is C28H23N5O2S. The molecule has 0 bridgehead atoms. The van der Waals surface area contributed by atoms with Gasteiger partial charge in [0.25, 0.3) is 5.56 Å². The number of rotatable bonds is 6. The first-order valence-electron chi connectivity index (χ1n) is 11.5. The summed E-state index contributed by atoms with van der Waals surface area (Å²) in [5, 5.41) is 21.8. The standard InChI is InChI=1S/C28H23N5O2S/c1-3-18-10-4-8-14-23(18)33-27(35)19-11-5-6-12-21(19)31-28(33)36-17-25(34)20(16-29)26-30-22-13-7-9-15-24(22)32(26)2/h4-15,34H,3,17H2,1-2H3/b25-20+. The lowest BCUT2D eigenvalue weighted by Crippen LogP contribution is -2.23. The molecular weight excluding hydrogens is 470 g/mol. The van der Waals surface area contributed by atoms with E-state index < -0.39 is 0 Å². The maximum Gasteiger partial charge on any atom is 0.266 e. The first-order chi connectivity index (χ1) is 17.5. The summed E-state index contributed by atoms with van der Waals surface area (Å²) < 4.78 is 3.39. The molecule has 1 N–H and O–H groups in total. The molecule has 0 atom stereocenters. The largest absolute Gasteiger partial charge is 0.510 e. The topological polar surface area (TPSA) is 96.7 Å². The Bertz CT molecular complexity index is 1740. The van der Waals surface area contributed by atoms with Crippen LogP contribution in [0.1, 0.15) is 18.3 Å². The van der Waals surface area contributed by atoms with Gasteiger partial charge < -0.3 is 9.67 Å². The average Bonchev–Trinajstić information content (AvgIpc) is 3.24. The van der Waals surface area contributed by atoms with E-state index in [2.05, 4.69) is 11.1 Å². The Hall–Kier alpha value is -4.35. The summed E-state index contributed by atoms with van der Waals surface area (Å²) in [6.45, 7) is 2.04. The number of hydrogen-bond donors (Lipinski definition) is 1. The highest BCUT2D eigenvalue weighted by Gasteiger charge is 2.19. The second kappa shape index (κ2) is 9.72. The molecule has 7 nitrogen and oxygen atoms in total. The van der Waals surface area contributed by atoms with Crippen LogP contribution in [-0.2, 0) is 13.5 Å². The van der Waals surface area contributed by atoms with Crippen LogP contribution in [-0.4, -0.2) is 30.0 Å². The predicted octanol–water partition coefficient (Wildman–Crippen LogP) is 5.42. The highest BCUT2D eigenvalue weighted by molar-refractivity contribution is 7.99. The molecule has 5 rings (SSSR count). The smallest absolute Gasteiger partial charge is 0.266 e. The predicted molar refractivity (Wildman–Crippen MR) is 143 cm³/mol. The van der Waals surface area contributed by atoms with Gasteiger partial charge in [-0.1, -0.05) is 61.2 Å². The van der Waals surface area contributed by atoms with E-state index in [-0.39, 0.29) is 22.6 Å². The van der Waals surface area contributed by atoms with Gasteiger partial charge in [-0.3, -0.25) is 9.36 Å². The molecule has 0 aliphatic carbocycles. The molecule has 0 saturated carbocycles. The van der Waals surface area contributed by atoms with Crippen molar-refractivity contribution < 1.29 is 5.11 Å². The van der Waals surface area contributed by atoms with Crippen LogP contribution in [0.3, 0.4) is 0 Å². The van der Waals surface area contributed by atoms with Gasteiger partial charge in [0.05, 0.1) is 33.4 Å². The molecule has 0 amide bonds. The van der Waals surface area contributed by atoms with Crippen LogP contribution in [0, 0.1) is 11.3 Å². The van der Waals surface area contributed by atoms with Gasteiger partial charge in [-0.15, -0.1) is 0 Å². The fraction of sp³-hybridized carbons (Fsp3) is 0.143. The molecule has 0 aliphatic rings. The van der Waals surface area contributed by atoms with E-state index in [0.717, 1.165) is 28.7 Å². The lowest BCUT2D eigenvalue weighted by molar-refractivity contribution is 0.420. The quantitative estimate of drug-likeness (QED) is 0.147. The minimum absolute atomic E-state index is 0.0468. The first-order valence-corrected chi connectivity index (χ1v) is 12.5. The van der Waals surface area contributed by atoms with Crippen molar-refractivity contribution in [3.05, 3.63) is 100 Å². The van der Waals surface area contributed by atoms with Crippen molar-refractivity contribution in [3.8, 4) is 11.8 Å². The van der Waals surface area contributed by atoms with Gasteiger partial charge >= 0.3 is 0 Å². The molecule has 0 radical (unpaired) electrons. The summed E-state index contributed by atoms with van der Waals surface area (Å²) in [5.74, 6) is 0.307. The van der Waals surface area contributed by atoms with Crippen LogP contribution in [0.2, 0.25) is 0 Å². The zero-order chi connectivity index (χ0) is 25.2. The van der Waals surface area contributed by atoms with Crippen LogP contribution in [0.25, 0.3) is 33.2 Å². The highest BCUT2D eigenvalue weighted by Crippen LogP contribution is 2.28. The molecule has 5 aromatic rings. The second-order valence-electron chi connectivity index (χ2n) is 8.24. The molecule has 3 aromatic carbocycles. The number of nitriles is 1. The zero-order valence-electron chi connectivity index (χ0n) is 19.8. The maximum atomic E-state index is 13.6. The van der Waals surface area contributed by atoms with Gasteiger partial charge in [0.15, 0.2) is 11.0 Å². The number of benzene rings is 3. The van der Waals surface area contributed by atoms with Crippen LogP contribution in [0.4, 0.5) is 0 Å². The molecule has 0 saturated heterocycles. The Morgan fingerprint density at radius 1 is 1.00 bits per heavy atom. The van der Waals surface area contributed by atoms with Crippen molar-refractivity contribution >= 4 is 39.3 Å². The van der Waals surface area contributed by atoms with Crippen LogP contribution in [0.15, 0.2) is 88.5 Å². The van der Waals surface area contributed by atoms with Gasteiger partial charge in [0.2, 0.25) is 0 Å². The summed E-state index contributed by atoms with van der Waals surface area (Å²) >= 11 is 1.21. The molecule has 36 heavy (non-hydrogen) atoms. The molecule has 0 fully saturated rings. The molecule has 8 heteroatoms. The van der Waals surface area contributed by atoms with Crippen LogP contribution in [0.5, 0.6) is 0 Å². The summed E-state index contributed by atoms with van der Waals surface area (Å²) in [4.78, 5) is 22.9. The van der Waals surface area contributed by atoms with Crippen molar-refractivity contribution in [2.45, 2.75) is 18.5 Å². The SMILES string of the molecule is CCc1ccccc1-n1c(SC/C(O)=C(/C#N)c2nc3ccccc3n2C)nc2ccccc2c1=O. The van der Waals surface area contributed by atoms with Gasteiger partial charge in [-0.2, -0.15) is 5.26 Å². The summed E-state index contributed by atoms with van der Waals surface area (Å²) in [6.07, 6.45) is 0.746.